The van der Waals surface area contributed by atoms with Crippen LogP contribution in [0.5, 0.6) is 0 Å². The molecule has 7 nitrogen and oxygen atoms in total. The summed E-state index contributed by atoms with van der Waals surface area (Å²) in [6.07, 6.45) is -1.21. The average Bonchev–Trinajstić information content (AvgIpc) is 2.29. The first-order valence-corrected chi connectivity index (χ1v) is 3.04. The predicted molar refractivity (Wildman–Crippen MR) is 59.0 cm³/mol. The maximum atomic E-state index is 9.38. The first-order chi connectivity index (χ1) is 6.77. The van der Waals surface area contributed by atoms with E-state index >= 15 is 0 Å². The summed E-state index contributed by atoms with van der Waals surface area (Å²) in [5, 5.41) is 29.7. The monoisotopic (exact) mass is 206 g/mol. The molecule has 14 heavy (non-hydrogen) atoms. The highest BCUT2D eigenvalue weighted by molar-refractivity contribution is 5.56. The minimum atomic E-state index is -1.21. The molecule has 0 spiro atoms. The number of hydrogen-bond donors (Lipinski definition) is 5. The van der Waals surface area contributed by atoms with Gasteiger partial charge in [-0.3, -0.25) is 0 Å². The Morgan fingerprint density at radius 3 is 1.29 bits per heavy atom. The van der Waals surface area contributed by atoms with E-state index in [-0.39, 0.29) is 6.61 Å². The molecule has 7 heteroatoms. The van der Waals surface area contributed by atoms with E-state index in [9.17, 15) is 4.79 Å². The van der Waals surface area contributed by atoms with Crippen molar-refractivity contribution in [2.24, 2.45) is 0 Å². The molecule has 0 radical (unpaired) electrons. The minimum absolute atomic E-state index is 0.231. The second-order valence-corrected chi connectivity index (χ2v) is 0.699. The minimum Gasteiger partial charge on any atom is -0.450 e. The molecule has 0 amide bonds. The summed E-state index contributed by atoms with van der Waals surface area (Å²) in [4.78, 5) is 9.38. The topological polar surface area (TPSA) is 142 Å². The van der Waals surface area contributed by atoms with E-state index in [0.29, 0.717) is 0 Å². The van der Waals surface area contributed by atoms with Gasteiger partial charge in [-0.2, -0.15) is 0 Å². The SMILES string of the molecule is C=N.C=N.C=N.C=N.CCOC(=O)O. The zero-order valence-electron chi connectivity index (χ0n) is 8.30. The van der Waals surface area contributed by atoms with Crippen LogP contribution in [0.4, 0.5) is 4.79 Å². The van der Waals surface area contributed by atoms with Crippen molar-refractivity contribution in [3.63, 3.8) is 0 Å². The van der Waals surface area contributed by atoms with E-state index in [1.54, 1.807) is 6.92 Å². The van der Waals surface area contributed by atoms with Crippen LogP contribution in [0.1, 0.15) is 6.92 Å². The average molecular weight is 206 g/mol. The van der Waals surface area contributed by atoms with Gasteiger partial charge in [0.2, 0.25) is 0 Å². The highest BCUT2D eigenvalue weighted by Crippen LogP contribution is 1.69. The number of carbonyl (C=O) groups is 1. The Morgan fingerprint density at radius 1 is 1.07 bits per heavy atom. The molecule has 0 aromatic rings. The van der Waals surface area contributed by atoms with Gasteiger partial charge in [0.1, 0.15) is 0 Å². The van der Waals surface area contributed by atoms with Gasteiger partial charge in [-0.15, -0.1) is 0 Å². The molecular formula is C7H18N4O3. The van der Waals surface area contributed by atoms with Gasteiger partial charge in [0.25, 0.3) is 0 Å². The number of hydrogen-bond acceptors (Lipinski definition) is 6. The summed E-state index contributed by atoms with van der Waals surface area (Å²) in [6.45, 7) is 11.9. The van der Waals surface area contributed by atoms with E-state index in [0.717, 1.165) is 0 Å². The lowest BCUT2D eigenvalue weighted by Gasteiger charge is -1.87. The van der Waals surface area contributed by atoms with Crippen LogP contribution in [0, 0.1) is 21.6 Å². The van der Waals surface area contributed by atoms with Crippen LogP contribution in [0.15, 0.2) is 0 Å². The van der Waals surface area contributed by atoms with Crippen molar-refractivity contribution >= 4 is 33.0 Å². The zero-order valence-corrected chi connectivity index (χ0v) is 8.30. The Labute approximate surface area is 83.8 Å². The molecule has 0 saturated carbocycles. The van der Waals surface area contributed by atoms with Crippen molar-refractivity contribution in [1.29, 1.82) is 21.6 Å². The molecule has 0 aromatic carbocycles. The van der Waals surface area contributed by atoms with Gasteiger partial charge in [-0.05, 0) is 33.8 Å². The smallest absolute Gasteiger partial charge is 0.450 e. The highest BCUT2D eigenvalue weighted by Gasteiger charge is 1.86. The fourth-order valence-electron chi connectivity index (χ4n) is 0.123. The quantitative estimate of drug-likeness (QED) is 0.329. The van der Waals surface area contributed by atoms with Crippen molar-refractivity contribution in [1.82, 2.24) is 0 Å². The number of carboxylic acid groups (broad SMARTS) is 1. The Kier molecular flexibility index (Phi) is 264. The normalized spacial score (nSPS) is 4.36. The summed E-state index contributed by atoms with van der Waals surface area (Å²) < 4.78 is 3.96. The molecule has 0 rings (SSSR count). The van der Waals surface area contributed by atoms with E-state index in [2.05, 4.69) is 31.6 Å². The summed E-state index contributed by atoms with van der Waals surface area (Å²) in [5.41, 5.74) is 0. The molecule has 0 heterocycles. The largest absolute Gasteiger partial charge is 0.505 e. The molecule has 0 aliphatic rings. The van der Waals surface area contributed by atoms with E-state index in [1.165, 1.54) is 0 Å². The summed E-state index contributed by atoms with van der Waals surface area (Å²) >= 11 is 0. The van der Waals surface area contributed by atoms with Crippen molar-refractivity contribution in [3.8, 4) is 0 Å². The Bertz CT molecular complexity index is 94.9. The first-order valence-electron chi connectivity index (χ1n) is 3.04. The Hall–Kier alpha value is -2.05. The zero-order chi connectivity index (χ0) is 13.0. The van der Waals surface area contributed by atoms with Gasteiger partial charge in [0.05, 0.1) is 6.61 Å². The molecule has 0 aliphatic carbocycles. The number of ether oxygens (including phenoxy) is 1. The second kappa shape index (κ2) is 125. The van der Waals surface area contributed by atoms with Crippen molar-refractivity contribution in [2.75, 3.05) is 6.61 Å². The lowest BCUT2D eigenvalue weighted by molar-refractivity contribution is 0.0966. The van der Waals surface area contributed by atoms with Crippen LogP contribution >= 0.6 is 0 Å². The Morgan fingerprint density at radius 2 is 1.29 bits per heavy atom. The molecule has 0 fully saturated rings. The molecule has 0 aliphatic heterocycles. The lowest BCUT2D eigenvalue weighted by Crippen LogP contribution is -1.97. The van der Waals surface area contributed by atoms with Crippen LogP contribution in [0.3, 0.4) is 0 Å². The van der Waals surface area contributed by atoms with Gasteiger partial charge >= 0.3 is 6.16 Å². The number of rotatable bonds is 1. The van der Waals surface area contributed by atoms with Gasteiger partial charge in [-0.1, -0.05) is 0 Å². The highest BCUT2D eigenvalue weighted by atomic mass is 16.7. The molecule has 5 N–H and O–H groups in total. The second-order valence-electron chi connectivity index (χ2n) is 0.699. The van der Waals surface area contributed by atoms with Crippen LogP contribution in [0.2, 0.25) is 0 Å². The third-order valence-corrected chi connectivity index (χ3v) is 0.268. The fraction of sp³-hybridized carbons (Fsp3) is 0.286. The van der Waals surface area contributed by atoms with Gasteiger partial charge in [0.15, 0.2) is 0 Å². The molecule has 0 bridgehead atoms. The van der Waals surface area contributed by atoms with Crippen molar-refractivity contribution < 1.29 is 14.6 Å². The molecule has 0 saturated heterocycles. The van der Waals surface area contributed by atoms with Gasteiger partial charge < -0.3 is 31.5 Å². The van der Waals surface area contributed by atoms with E-state index in [1.807, 2.05) is 0 Å². The maximum Gasteiger partial charge on any atom is 0.505 e. The molecular weight excluding hydrogens is 188 g/mol. The third kappa shape index (κ3) is 883. The van der Waals surface area contributed by atoms with E-state index in [4.69, 9.17) is 26.7 Å². The molecule has 84 valence electrons. The third-order valence-electron chi connectivity index (χ3n) is 0.268. The predicted octanol–water partition coefficient (Wildman–Crippen LogP) is 1.76. The molecule has 0 aromatic heterocycles. The summed E-state index contributed by atoms with van der Waals surface area (Å²) in [7, 11) is 0. The van der Waals surface area contributed by atoms with Crippen LogP contribution in [-0.4, -0.2) is 44.7 Å². The number of nitrogens with one attached hydrogen (secondary N) is 4. The van der Waals surface area contributed by atoms with Gasteiger partial charge in [0, 0.05) is 0 Å². The molecule has 0 atom stereocenters. The first kappa shape index (κ1) is 29.7. The summed E-state index contributed by atoms with van der Waals surface area (Å²) in [5.74, 6) is 0. The van der Waals surface area contributed by atoms with Gasteiger partial charge in [-0.25, -0.2) is 4.79 Å². The maximum absolute atomic E-state index is 9.38. The van der Waals surface area contributed by atoms with Crippen LogP contribution < -0.4 is 0 Å². The fourth-order valence-corrected chi connectivity index (χ4v) is 0.123. The lowest BCUT2D eigenvalue weighted by atomic mass is 10.9. The van der Waals surface area contributed by atoms with Crippen molar-refractivity contribution in [2.45, 2.75) is 6.92 Å². The molecule has 0 unspecified atom stereocenters. The van der Waals surface area contributed by atoms with Crippen LogP contribution in [0.25, 0.3) is 0 Å². The van der Waals surface area contributed by atoms with Crippen LogP contribution in [-0.2, 0) is 4.74 Å². The van der Waals surface area contributed by atoms with E-state index < -0.39 is 6.16 Å². The van der Waals surface area contributed by atoms with Crippen molar-refractivity contribution in [3.05, 3.63) is 0 Å². The Balaban J connectivity index is -0.0000000287. The summed E-state index contributed by atoms with van der Waals surface area (Å²) in [6, 6.07) is 0. The standard InChI is InChI=1S/C3H6O3.4CH3N/c1-2-6-3(4)5;4*1-2/h2H2,1H3,(H,4,5);4*2H,1H2.